The third-order valence-electron chi connectivity index (χ3n) is 2.09. The molecule has 0 bridgehead atoms. The fraction of sp³-hybridized carbons (Fsp3) is 0. The van der Waals surface area contributed by atoms with Crippen LogP contribution in [0.3, 0.4) is 0 Å². The van der Waals surface area contributed by atoms with Gasteiger partial charge in [0.25, 0.3) is 0 Å². The number of rotatable bonds is 2. The van der Waals surface area contributed by atoms with E-state index in [0.29, 0.717) is 5.56 Å². The van der Waals surface area contributed by atoms with E-state index in [1.807, 2.05) is 30.3 Å². The van der Waals surface area contributed by atoms with E-state index in [1.54, 1.807) is 11.4 Å². The Morgan fingerprint density at radius 1 is 1.18 bits per heavy atom. The van der Waals surface area contributed by atoms with Crippen molar-refractivity contribution in [2.75, 3.05) is 0 Å². The summed E-state index contributed by atoms with van der Waals surface area (Å²) >= 11 is 1.41. The number of primary amides is 1. The van der Waals surface area contributed by atoms with E-state index in [9.17, 15) is 9.59 Å². The highest BCUT2D eigenvalue weighted by Crippen LogP contribution is 2.27. The Bertz CT molecular complexity index is 548. The van der Waals surface area contributed by atoms with Gasteiger partial charge in [0.1, 0.15) is 0 Å². The number of amides is 1. The topological polar surface area (TPSA) is 69.4 Å². The first-order chi connectivity index (χ1) is 8.16. The van der Waals surface area contributed by atoms with Crippen molar-refractivity contribution in [3.63, 3.8) is 0 Å². The van der Waals surface area contributed by atoms with Gasteiger partial charge in [0.15, 0.2) is 0 Å². The van der Waals surface area contributed by atoms with Crippen LogP contribution in [-0.4, -0.2) is 12.1 Å². The van der Waals surface area contributed by atoms with Gasteiger partial charge in [-0.15, -0.1) is 11.3 Å². The zero-order chi connectivity index (χ0) is 12.3. The summed E-state index contributed by atoms with van der Waals surface area (Å²) in [6.07, 6.45) is -1.09. The van der Waals surface area contributed by atoms with E-state index < -0.39 is 12.1 Å². The molecule has 17 heavy (non-hydrogen) atoms. The van der Waals surface area contributed by atoms with Crippen molar-refractivity contribution in [3.8, 4) is 10.4 Å². The Morgan fingerprint density at radius 2 is 1.88 bits per heavy atom. The summed E-state index contributed by atoms with van der Waals surface area (Å²) in [5.74, 6) is -0.726. The molecule has 1 heterocycles. The Labute approximate surface area is 102 Å². The molecule has 2 aromatic rings. The normalized spacial score (nSPS) is 9.88. The largest absolute Gasteiger partial charge is 0.412 e. The SMILES string of the molecule is NC(=O)OC(=O)c1csc(-c2ccccc2)c1. The molecule has 0 radical (unpaired) electrons. The molecule has 0 saturated heterocycles. The van der Waals surface area contributed by atoms with Gasteiger partial charge < -0.3 is 10.5 Å². The molecule has 0 aliphatic carbocycles. The van der Waals surface area contributed by atoms with Crippen molar-refractivity contribution in [1.29, 1.82) is 0 Å². The number of thiophene rings is 1. The fourth-order valence-corrected chi connectivity index (χ4v) is 2.23. The number of esters is 1. The number of nitrogens with two attached hydrogens (primary N) is 1. The number of ether oxygens (including phenoxy) is 1. The number of benzene rings is 1. The van der Waals surface area contributed by atoms with Crippen molar-refractivity contribution in [2.45, 2.75) is 0 Å². The molecule has 0 fully saturated rings. The number of hydrogen-bond acceptors (Lipinski definition) is 4. The summed E-state index contributed by atoms with van der Waals surface area (Å²) in [4.78, 5) is 22.8. The first-order valence-electron chi connectivity index (χ1n) is 4.82. The minimum atomic E-state index is -1.09. The maximum Gasteiger partial charge on any atom is 0.412 e. The van der Waals surface area contributed by atoms with Crippen molar-refractivity contribution in [2.24, 2.45) is 5.73 Å². The lowest BCUT2D eigenvalue weighted by Crippen LogP contribution is -2.17. The van der Waals surface area contributed by atoms with Crippen LogP contribution in [-0.2, 0) is 4.74 Å². The van der Waals surface area contributed by atoms with Crippen LogP contribution < -0.4 is 5.73 Å². The molecule has 1 aromatic carbocycles. The van der Waals surface area contributed by atoms with Crippen LogP contribution in [0.4, 0.5) is 4.79 Å². The van der Waals surface area contributed by atoms with Crippen LogP contribution in [0.2, 0.25) is 0 Å². The third-order valence-corrected chi connectivity index (χ3v) is 3.07. The van der Waals surface area contributed by atoms with Gasteiger partial charge in [0.05, 0.1) is 5.56 Å². The van der Waals surface area contributed by atoms with Gasteiger partial charge in [-0.1, -0.05) is 30.3 Å². The molecule has 0 unspecified atom stereocenters. The van der Waals surface area contributed by atoms with Crippen LogP contribution >= 0.6 is 11.3 Å². The molecule has 0 aliphatic rings. The second-order valence-corrected chi connectivity index (χ2v) is 4.19. The molecule has 2 rings (SSSR count). The van der Waals surface area contributed by atoms with Crippen molar-refractivity contribution in [3.05, 3.63) is 47.3 Å². The maximum absolute atomic E-state index is 11.4. The first-order valence-corrected chi connectivity index (χ1v) is 5.70. The number of carbonyl (C=O) groups excluding carboxylic acids is 2. The highest BCUT2D eigenvalue weighted by Gasteiger charge is 2.13. The van der Waals surface area contributed by atoms with Gasteiger partial charge in [-0.05, 0) is 11.6 Å². The average Bonchev–Trinajstić information content (AvgIpc) is 2.78. The second kappa shape index (κ2) is 4.80. The Hall–Kier alpha value is -2.14. The van der Waals surface area contributed by atoms with E-state index in [1.165, 1.54) is 11.3 Å². The minimum Gasteiger partial charge on any atom is -0.373 e. The van der Waals surface area contributed by atoms with Crippen LogP contribution in [0, 0.1) is 0 Å². The summed E-state index contributed by atoms with van der Waals surface area (Å²) in [5.41, 5.74) is 6.11. The molecule has 2 N–H and O–H groups in total. The lowest BCUT2D eigenvalue weighted by molar-refractivity contribution is 0.0639. The first kappa shape index (κ1) is 11.3. The van der Waals surface area contributed by atoms with Gasteiger partial charge in [0, 0.05) is 10.3 Å². The predicted octanol–water partition coefficient (Wildman–Crippen LogP) is 2.65. The predicted molar refractivity (Wildman–Crippen MR) is 64.8 cm³/mol. The summed E-state index contributed by atoms with van der Waals surface area (Å²) in [7, 11) is 0. The lowest BCUT2D eigenvalue weighted by Gasteiger charge is -1.96. The van der Waals surface area contributed by atoms with E-state index in [0.717, 1.165) is 10.4 Å². The van der Waals surface area contributed by atoms with Crippen LogP contribution in [0.1, 0.15) is 10.4 Å². The molecule has 1 amide bonds. The smallest absolute Gasteiger partial charge is 0.373 e. The highest BCUT2D eigenvalue weighted by atomic mass is 32.1. The quantitative estimate of drug-likeness (QED) is 0.655. The molecule has 5 heteroatoms. The summed E-state index contributed by atoms with van der Waals surface area (Å²) in [6, 6.07) is 11.3. The van der Waals surface area contributed by atoms with E-state index in [4.69, 9.17) is 5.73 Å². The van der Waals surface area contributed by atoms with Crippen LogP contribution in [0.15, 0.2) is 41.8 Å². The zero-order valence-corrected chi connectivity index (χ0v) is 9.57. The molecule has 0 atom stereocenters. The fourth-order valence-electron chi connectivity index (χ4n) is 1.35. The molecule has 0 saturated carbocycles. The molecule has 4 nitrogen and oxygen atoms in total. The molecule has 0 spiro atoms. The number of carbonyl (C=O) groups is 2. The maximum atomic E-state index is 11.4. The molecule has 0 aliphatic heterocycles. The minimum absolute atomic E-state index is 0.327. The van der Waals surface area contributed by atoms with Gasteiger partial charge in [0.2, 0.25) is 0 Å². The Balaban J connectivity index is 2.22. The molecular weight excluding hydrogens is 238 g/mol. The Kier molecular flexibility index (Phi) is 3.20. The van der Waals surface area contributed by atoms with Crippen LogP contribution in [0.5, 0.6) is 0 Å². The zero-order valence-electron chi connectivity index (χ0n) is 8.75. The van der Waals surface area contributed by atoms with E-state index >= 15 is 0 Å². The van der Waals surface area contributed by atoms with Gasteiger partial charge >= 0.3 is 12.1 Å². The summed E-state index contributed by atoms with van der Waals surface area (Å²) in [6.45, 7) is 0. The third kappa shape index (κ3) is 2.70. The van der Waals surface area contributed by atoms with E-state index in [-0.39, 0.29) is 0 Å². The van der Waals surface area contributed by atoms with Gasteiger partial charge in [-0.2, -0.15) is 0 Å². The highest BCUT2D eigenvalue weighted by molar-refractivity contribution is 7.13. The van der Waals surface area contributed by atoms with Crippen LogP contribution in [0.25, 0.3) is 10.4 Å². The van der Waals surface area contributed by atoms with E-state index in [2.05, 4.69) is 4.74 Å². The Morgan fingerprint density at radius 3 is 2.53 bits per heavy atom. The van der Waals surface area contributed by atoms with Crippen molar-refractivity contribution in [1.82, 2.24) is 0 Å². The van der Waals surface area contributed by atoms with Crippen molar-refractivity contribution >= 4 is 23.4 Å². The average molecular weight is 247 g/mol. The van der Waals surface area contributed by atoms with Gasteiger partial charge in [-0.3, -0.25) is 0 Å². The van der Waals surface area contributed by atoms with Gasteiger partial charge in [-0.25, -0.2) is 9.59 Å². The monoisotopic (exact) mass is 247 g/mol. The summed E-state index contributed by atoms with van der Waals surface area (Å²) in [5, 5.41) is 1.63. The molecular formula is C12H9NO3S. The molecule has 86 valence electrons. The molecule has 1 aromatic heterocycles. The lowest BCUT2D eigenvalue weighted by atomic mass is 10.2. The standard InChI is InChI=1S/C12H9NO3S/c13-12(15)16-11(14)9-6-10(17-7-9)8-4-2-1-3-5-8/h1-7H,(H2,13,15). The van der Waals surface area contributed by atoms with Crippen molar-refractivity contribution < 1.29 is 14.3 Å². The summed E-state index contributed by atoms with van der Waals surface area (Å²) < 4.78 is 4.29. The second-order valence-electron chi connectivity index (χ2n) is 3.27. The number of hydrogen-bond donors (Lipinski definition) is 1.